The molecule has 0 unspecified atom stereocenters. The predicted octanol–water partition coefficient (Wildman–Crippen LogP) is 2.13. The molecule has 1 aliphatic rings. The first-order valence-corrected chi connectivity index (χ1v) is 7.14. The molecule has 0 aromatic carbocycles. The van der Waals surface area contributed by atoms with Crippen molar-refractivity contribution in [1.29, 1.82) is 0 Å². The van der Waals surface area contributed by atoms with Gasteiger partial charge in [0, 0.05) is 18.9 Å². The Balaban J connectivity index is 2.35. The van der Waals surface area contributed by atoms with Gasteiger partial charge in [0.1, 0.15) is 6.04 Å². The van der Waals surface area contributed by atoms with Gasteiger partial charge in [-0.1, -0.05) is 27.2 Å². The summed E-state index contributed by atoms with van der Waals surface area (Å²) in [6.07, 6.45) is 3.89. The first-order chi connectivity index (χ1) is 8.41. The van der Waals surface area contributed by atoms with Crippen molar-refractivity contribution in [2.45, 2.75) is 59.9 Å². The molecule has 2 N–H and O–H groups in total. The largest absolute Gasteiger partial charge is 0.295 e. The molecule has 0 amide bonds. The molecule has 2 rings (SSSR count). The zero-order valence-electron chi connectivity index (χ0n) is 12.3. The SMILES string of the molecule is Cc1nn([C@@H]2C[C@@H](C)CC[C@@H]2C(C)C)c(C)[n+]1N. The van der Waals surface area contributed by atoms with Gasteiger partial charge in [-0.05, 0) is 30.6 Å². The van der Waals surface area contributed by atoms with Crippen molar-refractivity contribution < 1.29 is 4.68 Å². The molecule has 102 valence electrons. The molecular formula is C14H27N4+. The number of nitrogen functional groups attached to an aromatic ring is 1. The van der Waals surface area contributed by atoms with Gasteiger partial charge < -0.3 is 0 Å². The molecule has 18 heavy (non-hydrogen) atoms. The van der Waals surface area contributed by atoms with Gasteiger partial charge >= 0.3 is 0 Å². The third-order valence-electron chi connectivity index (χ3n) is 4.58. The van der Waals surface area contributed by atoms with E-state index < -0.39 is 0 Å². The van der Waals surface area contributed by atoms with E-state index in [1.54, 1.807) is 4.68 Å². The van der Waals surface area contributed by atoms with Gasteiger partial charge in [-0.2, -0.15) is 0 Å². The Kier molecular flexibility index (Phi) is 3.64. The zero-order valence-corrected chi connectivity index (χ0v) is 12.3. The molecule has 1 saturated carbocycles. The fourth-order valence-electron chi connectivity index (χ4n) is 3.37. The van der Waals surface area contributed by atoms with E-state index in [1.165, 1.54) is 19.3 Å². The molecule has 0 spiro atoms. The summed E-state index contributed by atoms with van der Waals surface area (Å²) in [5.74, 6) is 10.2. The molecule has 1 fully saturated rings. The van der Waals surface area contributed by atoms with E-state index in [4.69, 9.17) is 5.84 Å². The maximum Gasteiger partial charge on any atom is 0.295 e. The Bertz CT molecular complexity index is 422. The average Bonchev–Trinajstić information content (AvgIpc) is 2.56. The number of aryl methyl sites for hydroxylation is 1. The minimum atomic E-state index is 0.511. The molecule has 4 heteroatoms. The van der Waals surface area contributed by atoms with Crippen LogP contribution >= 0.6 is 0 Å². The molecule has 0 aliphatic heterocycles. The third kappa shape index (κ3) is 2.25. The highest BCUT2D eigenvalue weighted by Gasteiger charge is 2.38. The summed E-state index contributed by atoms with van der Waals surface area (Å²) in [6, 6.07) is 0.511. The van der Waals surface area contributed by atoms with Gasteiger partial charge in [0.25, 0.3) is 11.6 Å². The van der Waals surface area contributed by atoms with E-state index >= 15 is 0 Å². The second kappa shape index (κ2) is 4.90. The standard InChI is InChI=1S/C14H27N4/c1-9(2)13-7-6-10(3)8-14(13)18-12(5)17(15)11(4)16-18/h9-10,13-14H,6-8,15H2,1-5H3/q+1/t10-,13+,14+/m0/s1. The summed E-state index contributed by atoms with van der Waals surface area (Å²) in [6.45, 7) is 11.0. The van der Waals surface area contributed by atoms with E-state index in [9.17, 15) is 0 Å². The van der Waals surface area contributed by atoms with Crippen LogP contribution in [0.3, 0.4) is 0 Å². The van der Waals surface area contributed by atoms with Gasteiger partial charge in [-0.25, -0.2) is 0 Å². The van der Waals surface area contributed by atoms with Crippen LogP contribution in [0, 0.1) is 31.6 Å². The van der Waals surface area contributed by atoms with E-state index in [-0.39, 0.29) is 0 Å². The molecular weight excluding hydrogens is 224 g/mol. The van der Waals surface area contributed by atoms with Gasteiger partial charge in [0.05, 0.1) is 0 Å². The maximum atomic E-state index is 6.00. The Hall–Kier alpha value is -1.06. The molecule has 3 atom stereocenters. The fraction of sp³-hybridized carbons (Fsp3) is 0.857. The number of nitrogens with zero attached hydrogens (tertiary/aromatic N) is 3. The Morgan fingerprint density at radius 1 is 1.33 bits per heavy atom. The average molecular weight is 251 g/mol. The van der Waals surface area contributed by atoms with Crippen molar-refractivity contribution in [3.8, 4) is 0 Å². The van der Waals surface area contributed by atoms with Crippen molar-refractivity contribution in [3.63, 3.8) is 0 Å². The van der Waals surface area contributed by atoms with Crippen LogP contribution in [-0.4, -0.2) is 9.78 Å². The Morgan fingerprint density at radius 2 is 2.00 bits per heavy atom. The number of rotatable bonds is 2. The minimum Gasteiger partial charge on any atom is -0.289 e. The number of hydrogen-bond donors (Lipinski definition) is 1. The van der Waals surface area contributed by atoms with Crippen molar-refractivity contribution in [2.24, 2.45) is 17.8 Å². The first kappa shape index (κ1) is 13.4. The highest BCUT2D eigenvalue weighted by atomic mass is 15.5. The van der Waals surface area contributed by atoms with Gasteiger partial charge in [-0.3, -0.25) is 5.84 Å². The topological polar surface area (TPSA) is 47.7 Å². The summed E-state index contributed by atoms with van der Waals surface area (Å²) < 4.78 is 3.88. The van der Waals surface area contributed by atoms with Crippen LogP contribution in [0.25, 0.3) is 0 Å². The van der Waals surface area contributed by atoms with Crippen molar-refractivity contribution in [2.75, 3.05) is 5.84 Å². The first-order valence-electron chi connectivity index (χ1n) is 7.14. The van der Waals surface area contributed by atoms with E-state index in [0.717, 1.165) is 23.5 Å². The van der Waals surface area contributed by atoms with Crippen LogP contribution in [-0.2, 0) is 0 Å². The van der Waals surface area contributed by atoms with Crippen LogP contribution in [0.2, 0.25) is 0 Å². The van der Waals surface area contributed by atoms with E-state index in [0.29, 0.717) is 12.0 Å². The number of hydrogen-bond acceptors (Lipinski definition) is 2. The van der Waals surface area contributed by atoms with Crippen LogP contribution in [0.4, 0.5) is 0 Å². The smallest absolute Gasteiger partial charge is 0.289 e. The highest BCUT2D eigenvalue weighted by Crippen LogP contribution is 2.40. The van der Waals surface area contributed by atoms with Crippen molar-refractivity contribution in [3.05, 3.63) is 11.6 Å². The summed E-state index contributed by atoms with van der Waals surface area (Å²) in [7, 11) is 0. The summed E-state index contributed by atoms with van der Waals surface area (Å²) in [5.41, 5.74) is 0. The monoisotopic (exact) mass is 251 g/mol. The van der Waals surface area contributed by atoms with Crippen molar-refractivity contribution >= 4 is 0 Å². The lowest BCUT2D eigenvalue weighted by atomic mass is 9.74. The normalized spacial score (nSPS) is 28.9. The van der Waals surface area contributed by atoms with Crippen LogP contribution in [0.5, 0.6) is 0 Å². The van der Waals surface area contributed by atoms with E-state index in [2.05, 4.69) is 37.5 Å². The summed E-state index contributed by atoms with van der Waals surface area (Å²) in [5, 5.41) is 4.66. The fourth-order valence-corrected chi connectivity index (χ4v) is 3.37. The lowest BCUT2D eigenvalue weighted by Gasteiger charge is -2.34. The molecule has 1 heterocycles. The molecule has 0 saturated heterocycles. The third-order valence-corrected chi connectivity index (χ3v) is 4.58. The lowest BCUT2D eigenvalue weighted by Crippen LogP contribution is -2.49. The minimum absolute atomic E-state index is 0.511. The quantitative estimate of drug-likeness (QED) is 0.646. The Labute approximate surface area is 110 Å². The second-order valence-corrected chi connectivity index (χ2v) is 6.30. The van der Waals surface area contributed by atoms with Crippen LogP contribution < -0.4 is 10.5 Å². The summed E-state index contributed by atoms with van der Waals surface area (Å²) in [4.78, 5) is 0. The van der Waals surface area contributed by atoms with Gasteiger partial charge in [-0.15, -0.1) is 9.36 Å². The van der Waals surface area contributed by atoms with Crippen LogP contribution in [0.1, 0.15) is 57.7 Å². The van der Waals surface area contributed by atoms with Crippen LogP contribution in [0.15, 0.2) is 0 Å². The number of nitrogens with two attached hydrogens (primary N) is 1. The molecule has 0 bridgehead atoms. The molecule has 1 aromatic heterocycles. The predicted molar refractivity (Wildman–Crippen MR) is 72.4 cm³/mol. The molecule has 0 radical (unpaired) electrons. The second-order valence-electron chi connectivity index (χ2n) is 6.30. The van der Waals surface area contributed by atoms with Crippen molar-refractivity contribution in [1.82, 2.24) is 9.78 Å². The zero-order chi connectivity index (χ0) is 13.4. The molecule has 4 nitrogen and oxygen atoms in total. The molecule has 1 aromatic rings. The van der Waals surface area contributed by atoms with E-state index in [1.807, 2.05) is 6.92 Å². The highest BCUT2D eigenvalue weighted by molar-refractivity contribution is 4.89. The number of aromatic nitrogens is 3. The van der Waals surface area contributed by atoms with Gasteiger partial charge in [0.2, 0.25) is 0 Å². The maximum absolute atomic E-state index is 6.00. The summed E-state index contributed by atoms with van der Waals surface area (Å²) >= 11 is 0. The van der Waals surface area contributed by atoms with Gasteiger partial charge in [0.15, 0.2) is 0 Å². The lowest BCUT2D eigenvalue weighted by molar-refractivity contribution is -0.652. The Morgan fingerprint density at radius 3 is 2.50 bits per heavy atom. The molecule has 1 aliphatic carbocycles.